The average Bonchev–Trinajstić information content (AvgIpc) is 2.81. The van der Waals surface area contributed by atoms with Crippen LogP contribution in [0.25, 0.3) is 0 Å². The van der Waals surface area contributed by atoms with Crippen molar-refractivity contribution in [2.24, 2.45) is 0 Å². The van der Waals surface area contributed by atoms with Gasteiger partial charge in [0.05, 0.1) is 14.2 Å². The lowest BCUT2D eigenvalue weighted by Gasteiger charge is -2.11. The number of para-hydroxylation sites is 1. The van der Waals surface area contributed by atoms with E-state index in [1.165, 1.54) is 12.1 Å². The van der Waals surface area contributed by atoms with E-state index >= 15 is 0 Å². The highest BCUT2D eigenvalue weighted by Crippen LogP contribution is 2.27. The molecule has 2 aromatic carbocycles. The lowest BCUT2D eigenvalue weighted by Crippen LogP contribution is -2.35. The Kier molecular flexibility index (Phi) is 7.58. The number of hydrogen-bond donors (Lipinski definition) is 2. The number of nitrogens with one attached hydrogen (secondary N) is 2. The van der Waals surface area contributed by atoms with Crippen LogP contribution in [-0.4, -0.2) is 42.4 Å². The highest BCUT2D eigenvalue weighted by atomic mass is 16.5. The Morgan fingerprint density at radius 3 is 2.44 bits per heavy atom. The normalized spacial score (nSPS) is 10.3. The molecular weight excluding hydrogens is 412 g/mol. The molecule has 0 bridgehead atoms. The zero-order chi connectivity index (χ0) is 22.9. The van der Waals surface area contributed by atoms with E-state index in [-0.39, 0.29) is 18.1 Å². The SMILES string of the molecule is COc1ccc(CCNC(=O)Cn2nc(C(=O)Nc3ccccc3)ccc2=O)cc1OC. The summed E-state index contributed by atoms with van der Waals surface area (Å²) in [5, 5.41) is 9.46. The summed E-state index contributed by atoms with van der Waals surface area (Å²) < 4.78 is 11.4. The quantitative estimate of drug-likeness (QED) is 0.530. The molecule has 0 aliphatic carbocycles. The van der Waals surface area contributed by atoms with Gasteiger partial charge in [-0.2, -0.15) is 5.10 Å². The van der Waals surface area contributed by atoms with E-state index in [9.17, 15) is 14.4 Å². The van der Waals surface area contributed by atoms with Gasteiger partial charge in [-0.15, -0.1) is 0 Å². The highest BCUT2D eigenvalue weighted by Gasteiger charge is 2.12. The zero-order valence-electron chi connectivity index (χ0n) is 17.8. The summed E-state index contributed by atoms with van der Waals surface area (Å²) in [7, 11) is 3.12. The van der Waals surface area contributed by atoms with Crippen molar-refractivity contribution in [3.63, 3.8) is 0 Å². The largest absolute Gasteiger partial charge is 0.493 e. The molecule has 9 heteroatoms. The number of carbonyl (C=O) groups is 2. The number of methoxy groups -OCH3 is 2. The van der Waals surface area contributed by atoms with E-state index < -0.39 is 11.5 Å². The van der Waals surface area contributed by atoms with Gasteiger partial charge in [0.1, 0.15) is 12.2 Å². The molecule has 2 amide bonds. The van der Waals surface area contributed by atoms with E-state index in [2.05, 4.69) is 15.7 Å². The first-order valence-corrected chi connectivity index (χ1v) is 9.92. The van der Waals surface area contributed by atoms with Gasteiger partial charge in [-0.1, -0.05) is 24.3 Å². The van der Waals surface area contributed by atoms with Gasteiger partial charge < -0.3 is 20.1 Å². The van der Waals surface area contributed by atoms with Crippen LogP contribution in [0.5, 0.6) is 11.5 Å². The predicted octanol–water partition coefficient (Wildman–Crippen LogP) is 1.87. The minimum absolute atomic E-state index is 0.0339. The summed E-state index contributed by atoms with van der Waals surface area (Å²) in [5.41, 5.74) is 1.12. The molecule has 166 valence electrons. The lowest BCUT2D eigenvalue weighted by molar-refractivity contribution is -0.121. The molecule has 2 N–H and O–H groups in total. The maximum absolute atomic E-state index is 12.4. The zero-order valence-corrected chi connectivity index (χ0v) is 17.8. The van der Waals surface area contributed by atoms with Crippen LogP contribution in [0.3, 0.4) is 0 Å². The summed E-state index contributed by atoms with van der Waals surface area (Å²) in [6, 6.07) is 16.9. The Labute approximate surface area is 185 Å². The number of carbonyl (C=O) groups excluding carboxylic acids is 2. The maximum Gasteiger partial charge on any atom is 0.276 e. The van der Waals surface area contributed by atoms with Crippen LogP contribution in [0.2, 0.25) is 0 Å². The second kappa shape index (κ2) is 10.8. The molecule has 0 radical (unpaired) electrons. The maximum atomic E-state index is 12.4. The number of hydrogen-bond acceptors (Lipinski definition) is 6. The molecule has 32 heavy (non-hydrogen) atoms. The van der Waals surface area contributed by atoms with Crippen molar-refractivity contribution >= 4 is 17.5 Å². The van der Waals surface area contributed by atoms with Crippen LogP contribution < -0.4 is 25.7 Å². The third kappa shape index (κ3) is 5.94. The van der Waals surface area contributed by atoms with Crippen molar-refractivity contribution in [3.8, 4) is 11.5 Å². The molecule has 0 aliphatic heterocycles. The topological polar surface area (TPSA) is 112 Å². The van der Waals surface area contributed by atoms with E-state index in [0.29, 0.717) is 30.2 Å². The van der Waals surface area contributed by atoms with Crippen LogP contribution in [0.1, 0.15) is 16.1 Å². The second-order valence-electron chi connectivity index (χ2n) is 6.82. The number of nitrogens with zero attached hydrogens (tertiary/aromatic N) is 2. The van der Waals surface area contributed by atoms with Gasteiger partial charge in [0.25, 0.3) is 11.5 Å². The molecule has 0 aliphatic rings. The van der Waals surface area contributed by atoms with Crippen LogP contribution in [-0.2, 0) is 17.8 Å². The molecule has 0 saturated carbocycles. The van der Waals surface area contributed by atoms with Gasteiger partial charge in [0.2, 0.25) is 5.91 Å². The number of benzene rings is 2. The number of rotatable bonds is 9. The van der Waals surface area contributed by atoms with Crippen molar-refractivity contribution in [1.29, 1.82) is 0 Å². The molecule has 0 saturated heterocycles. The fraction of sp³-hybridized carbons (Fsp3) is 0.217. The summed E-state index contributed by atoms with van der Waals surface area (Å²) in [6.07, 6.45) is 0.563. The van der Waals surface area contributed by atoms with Crippen LogP contribution in [0, 0.1) is 0 Å². The number of anilines is 1. The molecule has 9 nitrogen and oxygen atoms in total. The van der Waals surface area contributed by atoms with Crippen molar-refractivity contribution in [2.75, 3.05) is 26.1 Å². The summed E-state index contributed by atoms with van der Waals surface area (Å²) in [6.45, 7) is 0.0640. The molecule has 3 aromatic rings. The average molecular weight is 436 g/mol. The number of amides is 2. The Morgan fingerprint density at radius 1 is 0.969 bits per heavy atom. The molecule has 1 heterocycles. The molecular formula is C23H24N4O5. The van der Waals surface area contributed by atoms with Crippen LogP contribution in [0.4, 0.5) is 5.69 Å². The van der Waals surface area contributed by atoms with Crippen LogP contribution in [0.15, 0.2) is 65.5 Å². The summed E-state index contributed by atoms with van der Waals surface area (Å²) in [4.78, 5) is 36.8. The van der Waals surface area contributed by atoms with Gasteiger partial charge in [-0.25, -0.2) is 4.68 Å². The standard InChI is InChI=1S/C23H24N4O5/c1-31-19-10-8-16(14-20(19)32-2)12-13-24-21(28)15-27-22(29)11-9-18(26-27)23(30)25-17-6-4-3-5-7-17/h3-11,14H,12-13,15H2,1-2H3,(H,24,28)(H,25,30). The highest BCUT2D eigenvalue weighted by molar-refractivity contribution is 6.02. The third-order valence-corrected chi connectivity index (χ3v) is 4.61. The van der Waals surface area contributed by atoms with Crippen molar-refractivity contribution in [2.45, 2.75) is 13.0 Å². The van der Waals surface area contributed by atoms with Crippen LogP contribution >= 0.6 is 0 Å². The Balaban J connectivity index is 1.57. The van der Waals surface area contributed by atoms with Gasteiger partial charge in [-0.3, -0.25) is 14.4 Å². The number of ether oxygens (including phenoxy) is 2. The van der Waals surface area contributed by atoms with E-state index in [1.54, 1.807) is 44.6 Å². The predicted molar refractivity (Wildman–Crippen MR) is 119 cm³/mol. The minimum atomic E-state index is -0.476. The van der Waals surface area contributed by atoms with Gasteiger partial charge in [-0.05, 0) is 42.3 Å². The molecule has 0 unspecified atom stereocenters. The van der Waals surface area contributed by atoms with Gasteiger partial charge in [0, 0.05) is 18.3 Å². The van der Waals surface area contributed by atoms with E-state index in [4.69, 9.17) is 9.47 Å². The lowest BCUT2D eigenvalue weighted by atomic mass is 10.1. The van der Waals surface area contributed by atoms with Crippen molar-refractivity contribution in [1.82, 2.24) is 15.1 Å². The first-order chi connectivity index (χ1) is 15.5. The number of aromatic nitrogens is 2. The third-order valence-electron chi connectivity index (χ3n) is 4.61. The smallest absolute Gasteiger partial charge is 0.276 e. The fourth-order valence-electron chi connectivity index (χ4n) is 2.97. The van der Waals surface area contributed by atoms with Gasteiger partial charge in [0.15, 0.2) is 11.5 Å². The molecule has 0 spiro atoms. The Morgan fingerprint density at radius 2 is 1.72 bits per heavy atom. The fourth-order valence-corrected chi connectivity index (χ4v) is 2.97. The summed E-state index contributed by atoms with van der Waals surface area (Å²) in [5.74, 6) is 0.374. The second-order valence-corrected chi connectivity index (χ2v) is 6.82. The molecule has 0 fully saturated rings. The van der Waals surface area contributed by atoms with Crippen molar-refractivity contribution in [3.05, 3.63) is 82.3 Å². The first-order valence-electron chi connectivity index (χ1n) is 9.92. The van der Waals surface area contributed by atoms with Gasteiger partial charge >= 0.3 is 0 Å². The Hall–Kier alpha value is -4.14. The van der Waals surface area contributed by atoms with E-state index in [0.717, 1.165) is 10.2 Å². The minimum Gasteiger partial charge on any atom is -0.493 e. The monoisotopic (exact) mass is 436 g/mol. The molecule has 3 rings (SSSR count). The van der Waals surface area contributed by atoms with Crippen molar-refractivity contribution < 1.29 is 19.1 Å². The summed E-state index contributed by atoms with van der Waals surface area (Å²) >= 11 is 0. The molecule has 0 atom stereocenters. The first kappa shape index (κ1) is 22.5. The molecule has 1 aromatic heterocycles. The van der Waals surface area contributed by atoms with E-state index in [1.807, 2.05) is 18.2 Å². The Bertz CT molecular complexity index is 1140.